The maximum atomic E-state index is 11.9. The number of carbonyl (C=O) groups is 1. The van der Waals surface area contributed by atoms with Crippen molar-refractivity contribution in [2.24, 2.45) is 4.99 Å². The van der Waals surface area contributed by atoms with Gasteiger partial charge in [0.15, 0.2) is 5.70 Å². The third-order valence-electron chi connectivity index (χ3n) is 2.89. The summed E-state index contributed by atoms with van der Waals surface area (Å²) in [5, 5.41) is 0. The van der Waals surface area contributed by atoms with Crippen LogP contribution in [0.5, 0.6) is 0 Å². The van der Waals surface area contributed by atoms with Gasteiger partial charge in [0.1, 0.15) is 0 Å². The zero-order chi connectivity index (χ0) is 14.8. The number of esters is 1. The molecule has 3 nitrogen and oxygen atoms in total. The third kappa shape index (κ3) is 3.52. The molecule has 0 spiro atoms. The molecule has 0 amide bonds. The average molecular weight is 501 g/mol. The summed E-state index contributed by atoms with van der Waals surface area (Å²) in [5.41, 5.74) is 2.05. The van der Waals surface area contributed by atoms with Crippen LogP contribution in [0.15, 0.2) is 59.2 Å². The Morgan fingerprint density at radius 3 is 2.10 bits per heavy atom. The first-order chi connectivity index (χ1) is 10.1. The standard InChI is InChI=1S/C16H9I2NO2/c17-12-5-1-10(2-6-12)9-14-16(20)21-15(19-14)11-3-7-13(18)8-4-11/h1-9H. The molecule has 21 heavy (non-hydrogen) atoms. The lowest BCUT2D eigenvalue weighted by molar-refractivity contribution is -0.129. The first kappa shape index (κ1) is 14.7. The number of halogens is 2. The SMILES string of the molecule is O=C1OC(c2ccc(I)cc2)=NC1=Cc1ccc(I)cc1. The van der Waals surface area contributed by atoms with E-state index in [1.165, 1.54) is 0 Å². The van der Waals surface area contributed by atoms with E-state index in [4.69, 9.17) is 4.74 Å². The van der Waals surface area contributed by atoms with Crippen LogP contribution in [0.2, 0.25) is 0 Å². The molecule has 1 aliphatic rings. The van der Waals surface area contributed by atoms with Crippen LogP contribution in [-0.4, -0.2) is 11.9 Å². The van der Waals surface area contributed by atoms with Gasteiger partial charge in [-0.1, -0.05) is 12.1 Å². The van der Waals surface area contributed by atoms with Crippen LogP contribution >= 0.6 is 45.2 Å². The molecule has 5 heteroatoms. The van der Waals surface area contributed by atoms with E-state index >= 15 is 0 Å². The highest BCUT2D eigenvalue weighted by molar-refractivity contribution is 14.1. The first-order valence-corrected chi connectivity index (χ1v) is 8.32. The summed E-state index contributed by atoms with van der Waals surface area (Å²) in [5.74, 6) is -0.0599. The Morgan fingerprint density at radius 2 is 1.48 bits per heavy atom. The van der Waals surface area contributed by atoms with Crippen LogP contribution in [0.4, 0.5) is 0 Å². The molecule has 0 saturated carbocycles. The predicted molar refractivity (Wildman–Crippen MR) is 98.9 cm³/mol. The van der Waals surface area contributed by atoms with Crippen molar-refractivity contribution >= 4 is 63.1 Å². The lowest BCUT2D eigenvalue weighted by Crippen LogP contribution is -2.05. The van der Waals surface area contributed by atoms with Crippen molar-refractivity contribution in [3.63, 3.8) is 0 Å². The topological polar surface area (TPSA) is 38.7 Å². The summed E-state index contributed by atoms with van der Waals surface area (Å²) in [7, 11) is 0. The Kier molecular flexibility index (Phi) is 4.39. The quantitative estimate of drug-likeness (QED) is 0.351. The minimum atomic E-state index is -0.415. The predicted octanol–water partition coefficient (Wildman–Crippen LogP) is 4.24. The largest absolute Gasteiger partial charge is 0.402 e. The van der Waals surface area contributed by atoms with Crippen molar-refractivity contribution in [3.05, 3.63) is 72.5 Å². The Morgan fingerprint density at radius 1 is 0.905 bits per heavy atom. The number of ether oxygens (including phenoxy) is 1. The van der Waals surface area contributed by atoms with E-state index in [1.54, 1.807) is 6.08 Å². The third-order valence-corrected chi connectivity index (χ3v) is 4.32. The summed E-state index contributed by atoms with van der Waals surface area (Å²) in [4.78, 5) is 16.2. The number of cyclic esters (lactones) is 1. The van der Waals surface area contributed by atoms with Crippen molar-refractivity contribution in [2.45, 2.75) is 0 Å². The number of hydrogen-bond donors (Lipinski definition) is 0. The smallest absolute Gasteiger partial charge is 0.363 e. The van der Waals surface area contributed by atoms with Gasteiger partial charge < -0.3 is 4.74 Å². The van der Waals surface area contributed by atoms with Gasteiger partial charge in [0.25, 0.3) is 0 Å². The fraction of sp³-hybridized carbons (Fsp3) is 0. The molecule has 0 aliphatic carbocycles. The van der Waals surface area contributed by atoms with Crippen molar-refractivity contribution in [3.8, 4) is 0 Å². The number of aliphatic imine (C=N–C) groups is 1. The number of hydrogen-bond acceptors (Lipinski definition) is 3. The fourth-order valence-corrected chi connectivity index (χ4v) is 2.56. The van der Waals surface area contributed by atoms with E-state index < -0.39 is 5.97 Å². The second-order valence-electron chi connectivity index (χ2n) is 4.39. The Hall–Kier alpha value is -1.22. The molecule has 0 radical (unpaired) electrons. The minimum absolute atomic E-state index is 0.324. The number of carbonyl (C=O) groups excluding carboxylic acids is 1. The Bertz CT molecular complexity index is 747. The summed E-state index contributed by atoms with van der Waals surface area (Å²) in [6.07, 6.45) is 1.73. The maximum absolute atomic E-state index is 11.9. The van der Waals surface area contributed by atoms with Gasteiger partial charge in [-0.05, 0) is 93.2 Å². The summed E-state index contributed by atoms with van der Waals surface area (Å²) >= 11 is 4.46. The highest BCUT2D eigenvalue weighted by Crippen LogP contribution is 2.20. The molecule has 0 aromatic heterocycles. The molecule has 0 fully saturated rings. The highest BCUT2D eigenvalue weighted by atomic mass is 127. The van der Waals surface area contributed by atoms with Gasteiger partial charge in [-0.15, -0.1) is 0 Å². The van der Waals surface area contributed by atoms with E-state index in [9.17, 15) is 4.79 Å². The summed E-state index contributed by atoms with van der Waals surface area (Å²) < 4.78 is 7.50. The lowest BCUT2D eigenvalue weighted by atomic mass is 10.2. The molecular weight excluding hydrogens is 492 g/mol. The molecule has 0 N–H and O–H groups in total. The number of rotatable bonds is 2. The molecule has 0 atom stereocenters. The molecule has 0 saturated heterocycles. The van der Waals surface area contributed by atoms with Crippen molar-refractivity contribution in [1.82, 2.24) is 0 Å². The molecule has 3 rings (SSSR count). The lowest BCUT2D eigenvalue weighted by Gasteiger charge is -1.98. The fourth-order valence-electron chi connectivity index (χ4n) is 1.84. The number of nitrogens with zero attached hydrogens (tertiary/aromatic N) is 1. The Balaban J connectivity index is 1.91. The van der Waals surface area contributed by atoms with Gasteiger partial charge in [-0.25, -0.2) is 9.79 Å². The van der Waals surface area contributed by atoms with E-state index in [1.807, 2.05) is 48.5 Å². The minimum Gasteiger partial charge on any atom is -0.402 e. The maximum Gasteiger partial charge on any atom is 0.363 e. The molecule has 0 bridgehead atoms. The highest BCUT2D eigenvalue weighted by Gasteiger charge is 2.23. The Labute approximate surface area is 149 Å². The summed E-state index contributed by atoms with van der Waals surface area (Å²) in [6.45, 7) is 0. The van der Waals surface area contributed by atoms with Gasteiger partial charge >= 0.3 is 5.97 Å². The van der Waals surface area contributed by atoms with E-state index in [2.05, 4.69) is 50.2 Å². The molecule has 2 aromatic rings. The van der Waals surface area contributed by atoms with Crippen LogP contribution in [0, 0.1) is 7.14 Å². The second kappa shape index (κ2) is 6.27. The van der Waals surface area contributed by atoms with E-state index in [0.717, 1.165) is 18.3 Å². The van der Waals surface area contributed by atoms with Crippen LogP contribution in [0.3, 0.4) is 0 Å². The second-order valence-corrected chi connectivity index (χ2v) is 6.89. The monoisotopic (exact) mass is 501 g/mol. The average Bonchev–Trinajstić information content (AvgIpc) is 2.83. The molecule has 1 heterocycles. The normalized spacial score (nSPS) is 16.0. The van der Waals surface area contributed by atoms with Crippen LogP contribution < -0.4 is 0 Å². The molecular formula is C16H9I2NO2. The first-order valence-electron chi connectivity index (χ1n) is 6.16. The number of benzene rings is 2. The van der Waals surface area contributed by atoms with Gasteiger partial charge in [0.2, 0.25) is 5.90 Å². The zero-order valence-electron chi connectivity index (χ0n) is 10.7. The van der Waals surface area contributed by atoms with Crippen molar-refractivity contribution in [2.75, 3.05) is 0 Å². The van der Waals surface area contributed by atoms with Gasteiger partial charge in [0.05, 0.1) is 0 Å². The van der Waals surface area contributed by atoms with Crippen molar-refractivity contribution < 1.29 is 9.53 Å². The van der Waals surface area contributed by atoms with Gasteiger partial charge in [-0.2, -0.15) is 0 Å². The van der Waals surface area contributed by atoms with Crippen LogP contribution in [0.25, 0.3) is 6.08 Å². The molecule has 104 valence electrons. The van der Waals surface area contributed by atoms with Gasteiger partial charge in [-0.3, -0.25) is 0 Å². The van der Waals surface area contributed by atoms with Gasteiger partial charge in [0, 0.05) is 12.7 Å². The molecule has 1 aliphatic heterocycles. The zero-order valence-corrected chi connectivity index (χ0v) is 15.0. The van der Waals surface area contributed by atoms with E-state index in [-0.39, 0.29) is 0 Å². The van der Waals surface area contributed by atoms with Crippen LogP contribution in [-0.2, 0) is 9.53 Å². The van der Waals surface area contributed by atoms with Crippen molar-refractivity contribution in [1.29, 1.82) is 0 Å². The van der Waals surface area contributed by atoms with Crippen LogP contribution in [0.1, 0.15) is 11.1 Å². The van der Waals surface area contributed by atoms with E-state index in [0.29, 0.717) is 11.6 Å². The summed E-state index contributed by atoms with van der Waals surface area (Å²) in [6, 6.07) is 15.5. The molecule has 0 unspecified atom stereocenters. The molecule has 2 aromatic carbocycles.